The van der Waals surface area contributed by atoms with Crippen LogP contribution in [0.1, 0.15) is 32.6 Å². The molecule has 1 aromatic carbocycles. The maximum atomic E-state index is 11.9. The first-order valence-corrected chi connectivity index (χ1v) is 9.72. The standard InChI is InChI=1S/C17H21Cl2NO3S/c1-11-4-2-3-5-14(11)20-16(21)9-23-17(22)10-24-15-8-12(18)6-7-13(15)19/h6-8,11,14H,2-5,9-10H2,1H3,(H,20,21)/t11-,14+/m0/s1. The molecule has 1 fully saturated rings. The van der Waals surface area contributed by atoms with Crippen LogP contribution in [0.15, 0.2) is 23.1 Å². The second-order valence-corrected chi connectivity index (χ2v) is 7.82. The number of esters is 1. The van der Waals surface area contributed by atoms with E-state index in [1.165, 1.54) is 18.2 Å². The van der Waals surface area contributed by atoms with Crippen LogP contribution in [0.4, 0.5) is 0 Å². The van der Waals surface area contributed by atoms with Crippen molar-refractivity contribution < 1.29 is 14.3 Å². The maximum absolute atomic E-state index is 11.9. The summed E-state index contributed by atoms with van der Waals surface area (Å²) in [6.07, 6.45) is 4.46. The van der Waals surface area contributed by atoms with E-state index in [-0.39, 0.29) is 24.3 Å². The molecule has 0 radical (unpaired) electrons. The Labute approximate surface area is 156 Å². The van der Waals surface area contributed by atoms with Crippen LogP contribution in [0.3, 0.4) is 0 Å². The number of ether oxygens (including phenoxy) is 1. The van der Waals surface area contributed by atoms with Gasteiger partial charge in [0.15, 0.2) is 6.61 Å². The zero-order valence-electron chi connectivity index (χ0n) is 13.5. The van der Waals surface area contributed by atoms with Crippen LogP contribution in [0, 0.1) is 5.92 Å². The Bertz CT molecular complexity index is 597. The predicted molar refractivity (Wildman–Crippen MR) is 97.7 cm³/mol. The van der Waals surface area contributed by atoms with Gasteiger partial charge in [-0.05, 0) is 37.0 Å². The van der Waals surface area contributed by atoms with E-state index < -0.39 is 5.97 Å². The lowest BCUT2D eigenvalue weighted by Crippen LogP contribution is -2.43. The number of hydrogen-bond acceptors (Lipinski definition) is 4. The SMILES string of the molecule is C[C@H]1CCCC[C@H]1NC(=O)COC(=O)CSc1cc(Cl)ccc1Cl. The summed E-state index contributed by atoms with van der Waals surface area (Å²) in [6.45, 7) is 1.90. The highest BCUT2D eigenvalue weighted by Gasteiger charge is 2.23. The van der Waals surface area contributed by atoms with Crippen molar-refractivity contribution in [3.63, 3.8) is 0 Å². The summed E-state index contributed by atoms with van der Waals surface area (Å²) in [5.41, 5.74) is 0. The van der Waals surface area contributed by atoms with Gasteiger partial charge in [0, 0.05) is 16.0 Å². The number of carbonyl (C=O) groups is 2. The van der Waals surface area contributed by atoms with Crippen LogP contribution in [-0.2, 0) is 14.3 Å². The molecule has 0 aromatic heterocycles. The van der Waals surface area contributed by atoms with Gasteiger partial charge in [-0.25, -0.2) is 0 Å². The normalized spacial score (nSPS) is 20.5. The van der Waals surface area contributed by atoms with Crippen molar-refractivity contribution in [1.29, 1.82) is 0 Å². The Morgan fingerprint density at radius 2 is 2.04 bits per heavy atom. The molecule has 1 aliphatic carbocycles. The molecule has 4 nitrogen and oxygen atoms in total. The first kappa shape index (κ1) is 19.4. The summed E-state index contributed by atoms with van der Waals surface area (Å²) in [6, 6.07) is 5.24. The fourth-order valence-corrected chi connectivity index (χ4v) is 3.98. The summed E-state index contributed by atoms with van der Waals surface area (Å²) in [5.74, 6) is -0.151. The van der Waals surface area contributed by atoms with Gasteiger partial charge in [-0.15, -0.1) is 11.8 Å². The lowest BCUT2D eigenvalue weighted by molar-refractivity contribution is -0.146. The van der Waals surface area contributed by atoms with Gasteiger partial charge in [0.25, 0.3) is 5.91 Å². The molecule has 0 heterocycles. The summed E-state index contributed by atoms with van der Waals surface area (Å²) in [4.78, 5) is 24.4. The van der Waals surface area contributed by atoms with Gasteiger partial charge in [-0.3, -0.25) is 9.59 Å². The third-order valence-corrected chi connectivity index (χ3v) is 5.77. The first-order chi connectivity index (χ1) is 11.5. The minimum Gasteiger partial charge on any atom is -0.455 e. The van der Waals surface area contributed by atoms with E-state index in [9.17, 15) is 9.59 Å². The molecule has 1 amide bonds. The third kappa shape index (κ3) is 6.19. The summed E-state index contributed by atoms with van der Waals surface area (Å²) < 4.78 is 5.02. The number of nitrogens with one attached hydrogen (secondary N) is 1. The number of thioether (sulfide) groups is 1. The molecule has 24 heavy (non-hydrogen) atoms. The van der Waals surface area contributed by atoms with Crippen molar-refractivity contribution in [2.75, 3.05) is 12.4 Å². The van der Waals surface area contributed by atoms with E-state index in [0.717, 1.165) is 19.3 Å². The second-order valence-electron chi connectivity index (χ2n) is 5.96. The van der Waals surface area contributed by atoms with E-state index >= 15 is 0 Å². The lowest BCUT2D eigenvalue weighted by Gasteiger charge is -2.29. The zero-order chi connectivity index (χ0) is 17.5. The van der Waals surface area contributed by atoms with Crippen molar-refractivity contribution in [3.8, 4) is 0 Å². The van der Waals surface area contributed by atoms with E-state index in [0.29, 0.717) is 20.9 Å². The molecule has 1 N–H and O–H groups in total. The summed E-state index contributed by atoms with van der Waals surface area (Å²) >= 11 is 13.2. The molecule has 1 saturated carbocycles. The fourth-order valence-electron chi connectivity index (χ4n) is 2.69. The first-order valence-electron chi connectivity index (χ1n) is 7.98. The second kappa shape index (κ2) is 9.54. The van der Waals surface area contributed by atoms with Gasteiger partial charge in [-0.2, -0.15) is 0 Å². The van der Waals surface area contributed by atoms with Crippen LogP contribution in [0.2, 0.25) is 10.0 Å². The number of halogens is 2. The Kier molecular flexibility index (Phi) is 7.72. The average Bonchev–Trinajstić information content (AvgIpc) is 2.56. The van der Waals surface area contributed by atoms with Gasteiger partial charge in [0.1, 0.15) is 0 Å². The molecule has 1 aromatic rings. The van der Waals surface area contributed by atoms with E-state index in [1.54, 1.807) is 18.2 Å². The Hall–Kier alpha value is -0.910. The van der Waals surface area contributed by atoms with E-state index in [4.69, 9.17) is 27.9 Å². The van der Waals surface area contributed by atoms with Crippen molar-refractivity contribution in [2.24, 2.45) is 5.92 Å². The van der Waals surface area contributed by atoms with Crippen LogP contribution >= 0.6 is 35.0 Å². The highest BCUT2D eigenvalue weighted by molar-refractivity contribution is 8.00. The van der Waals surface area contributed by atoms with E-state index in [1.807, 2.05) is 0 Å². The van der Waals surface area contributed by atoms with Crippen LogP contribution in [-0.4, -0.2) is 30.3 Å². The largest absolute Gasteiger partial charge is 0.455 e. The number of benzene rings is 1. The van der Waals surface area contributed by atoms with Crippen LogP contribution in [0.5, 0.6) is 0 Å². The highest BCUT2D eigenvalue weighted by Crippen LogP contribution is 2.29. The maximum Gasteiger partial charge on any atom is 0.316 e. The lowest BCUT2D eigenvalue weighted by atomic mass is 9.86. The van der Waals surface area contributed by atoms with E-state index in [2.05, 4.69) is 12.2 Å². The minimum absolute atomic E-state index is 0.0766. The molecule has 0 bridgehead atoms. The molecule has 0 unspecified atom stereocenters. The van der Waals surface area contributed by atoms with Crippen molar-refractivity contribution in [3.05, 3.63) is 28.2 Å². The quantitative estimate of drug-likeness (QED) is 0.581. The molecule has 7 heteroatoms. The molecular formula is C17H21Cl2NO3S. The van der Waals surface area contributed by atoms with Gasteiger partial charge in [0.05, 0.1) is 10.8 Å². The molecule has 0 saturated heterocycles. The smallest absolute Gasteiger partial charge is 0.316 e. The molecule has 2 rings (SSSR count). The zero-order valence-corrected chi connectivity index (χ0v) is 15.8. The van der Waals surface area contributed by atoms with Gasteiger partial charge >= 0.3 is 5.97 Å². The minimum atomic E-state index is -0.456. The molecular weight excluding hydrogens is 369 g/mol. The van der Waals surface area contributed by atoms with Crippen LogP contribution in [0.25, 0.3) is 0 Å². The molecule has 132 valence electrons. The average molecular weight is 390 g/mol. The summed E-state index contributed by atoms with van der Waals surface area (Å²) in [5, 5.41) is 4.03. The van der Waals surface area contributed by atoms with Crippen molar-refractivity contribution in [2.45, 2.75) is 43.5 Å². The van der Waals surface area contributed by atoms with Gasteiger partial charge < -0.3 is 10.1 Å². The van der Waals surface area contributed by atoms with Crippen LogP contribution < -0.4 is 5.32 Å². The van der Waals surface area contributed by atoms with Crippen molar-refractivity contribution >= 4 is 46.8 Å². The molecule has 0 spiro atoms. The monoisotopic (exact) mass is 389 g/mol. The Morgan fingerprint density at radius 3 is 2.79 bits per heavy atom. The Morgan fingerprint density at radius 1 is 1.29 bits per heavy atom. The van der Waals surface area contributed by atoms with Crippen molar-refractivity contribution in [1.82, 2.24) is 5.32 Å². The number of rotatable bonds is 6. The van der Waals surface area contributed by atoms with Gasteiger partial charge in [-0.1, -0.05) is 43.0 Å². The van der Waals surface area contributed by atoms with Gasteiger partial charge in [0.2, 0.25) is 0 Å². The Balaban J connectivity index is 1.70. The number of carbonyl (C=O) groups excluding carboxylic acids is 2. The predicted octanol–water partition coefficient (Wildman–Crippen LogP) is 4.32. The molecule has 1 aliphatic rings. The third-order valence-electron chi connectivity index (χ3n) is 4.06. The molecule has 0 aliphatic heterocycles. The highest BCUT2D eigenvalue weighted by atomic mass is 35.5. The fraction of sp³-hybridized carbons (Fsp3) is 0.529. The number of amides is 1. The molecule has 2 atom stereocenters. The summed E-state index contributed by atoms with van der Waals surface area (Å²) in [7, 11) is 0. The number of hydrogen-bond donors (Lipinski definition) is 1. The topological polar surface area (TPSA) is 55.4 Å².